The zero-order valence-electron chi connectivity index (χ0n) is 20.7. The van der Waals surface area contributed by atoms with Gasteiger partial charge in [-0.15, -0.1) is 0 Å². The average Bonchev–Trinajstić information content (AvgIpc) is 3.37. The second-order valence-electron chi connectivity index (χ2n) is 9.56. The molecular weight excluding hydrogens is 462 g/mol. The molecule has 10 heteroatoms. The van der Waals surface area contributed by atoms with Crippen molar-refractivity contribution in [1.29, 1.82) is 5.26 Å². The molecule has 36 heavy (non-hydrogen) atoms. The lowest BCUT2D eigenvalue weighted by Gasteiger charge is -2.35. The van der Waals surface area contributed by atoms with E-state index < -0.39 is 41.4 Å². The van der Waals surface area contributed by atoms with Gasteiger partial charge in [-0.3, -0.25) is 19.2 Å². The van der Waals surface area contributed by atoms with Gasteiger partial charge in [-0.05, 0) is 56.7 Å². The first-order valence-corrected chi connectivity index (χ1v) is 12.4. The van der Waals surface area contributed by atoms with Crippen LogP contribution in [-0.2, 0) is 30.4 Å². The fourth-order valence-electron chi connectivity index (χ4n) is 4.58. The first-order valence-electron chi connectivity index (χ1n) is 12.4. The molecule has 1 unspecified atom stereocenters. The van der Waals surface area contributed by atoms with Gasteiger partial charge in [-0.2, -0.15) is 5.26 Å². The van der Waals surface area contributed by atoms with Crippen LogP contribution in [0.4, 0.5) is 0 Å². The Morgan fingerprint density at radius 1 is 1.11 bits per heavy atom. The number of unbranched alkanes of at least 4 members (excludes halogenated alkanes) is 1. The smallest absolute Gasteiger partial charge is 0.246 e. The summed E-state index contributed by atoms with van der Waals surface area (Å²) < 4.78 is 0. The number of carbonyl (C=O) groups is 5. The lowest BCUT2D eigenvalue weighted by Crippen LogP contribution is -2.65. The highest BCUT2D eigenvalue weighted by Crippen LogP contribution is 2.22. The fraction of sp³-hybridized carbons (Fsp3) is 0.538. The third-order valence-corrected chi connectivity index (χ3v) is 7.02. The van der Waals surface area contributed by atoms with Crippen LogP contribution in [0.5, 0.6) is 0 Å². The van der Waals surface area contributed by atoms with Crippen molar-refractivity contribution in [2.45, 2.75) is 82.5 Å². The molecule has 2 fully saturated rings. The highest BCUT2D eigenvalue weighted by atomic mass is 16.2. The highest BCUT2D eigenvalue weighted by molar-refractivity contribution is 5.99. The van der Waals surface area contributed by atoms with E-state index in [4.69, 9.17) is 5.26 Å². The summed E-state index contributed by atoms with van der Waals surface area (Å²) in [5.41, 5.74) is -0.0946. The molecule has 0 spiro atoms. The Morgan fingerprint density at radius 3 is 2.47 bits per heavy atom. The molecular formula is C26H33N5O5. The van der Waals surface area contributed by atoms with Crippen LogP contribution in [-0.4, -0.2) is 65.0 Å². The molecule has 1 aromatic carbocycles. The molecule has 2 saturated heterocycles. The largest absolute Gasteiger partial charge is 0.343 e. The minimum atomic E-state index is -1.32. The van der Waals surface area contributed by atoms with Crippen molar-refractivity contribution in [1.82, 2.24) is 20.9 Å². The summed E-state index contributed by atoms with van der Waals surface area (Å²) in [6, 6.07) is 6.16. The number of nitrogens with zero attached hydrogens (tertiary/aromatic N) is 2. The van der Waals surface area contributed by atoms with E-state index in [2.05, 4.69) is 22.0 Å². The van der Waals surface area contributed by atoms with E-state index in [-0.39, 0.29) is 31.6 Å². The van der Waals surface area contributed by atoms with Gasteiger partial charge in [0.25, 0.3) is 0 Å². The quantitative estimate of drug-likeness (QED) is 0.375. The van der Waals surface area contributed by atoms with Gasteiger partial charge < -0.3 is 25.6 Å². The molecule has 0 saturated carbocycles. The monoisotopic (exact) mass is 495 g/mol. The maximum Gasteiger partial charge on any atom is 0.246 e. The van der Waals surface area contributed by atoms with E-state index in [0.29, 0.717) is 31.4 Å². The molecule has 3 N–H and O–H groups in total. The zero-order chi connectivity index (χ0) is 26.3. The Kier molecular flexibility index (Phi) is 8.80. The third-order valence-electron chi connectivity index (χ3n) is 7.02. The number of hydrogen-bond acceptors (Lipinski definition) is 6. The molecule has 0 aliphatic carbocycles. The van der Waals surface area contributed by atoms with Gasteiger partial charge in [0, 0.05) is 19.4 Å². The summed E-state index contributed by atoms with van der Waals surface area (Å²) in [5, 5.41) is 17.4. The van der Waals surface area contributed by atoms with E-state index in [1.165, 1.54) is 4.90 Å². The SMILES string of the molecule is CC[C@]1(C)NC(=O)[C@H](CCCC=O)NC(=O)[C@H]2CCCN2C(=O)C(Cc2ccc(C#N)cc2)NC1=O. The molecule has 2 heterocycles. The standard InChI is InChI=1S/C26H33N5O5/c1-3-26(2)25(36)29-20(15-17-9-11-18(16-27)12-10-17)24(35)31-13-6-8-21(31)23(34)28-19(22(33)30-26)7-4-5-14-32/h9-12,14,19-21H,3-8,13,15H2,1-2H3,(H,28,34)(H,29,36)(H,30,33)/t19-,20?,21+,26-/m0/s1. The van der Waals surface area contributed by atoms with E-state index in [9.17, 15) is 24.0 Å². The van der Waals surface area contributed by atoms with E-state index >= 15 is 0 Å². The molecule has 0 bridgehead atoms. The van der Waals surface area contributed by atoms with Crippen LogP contribution < -0.4 is 16.0 Å². The number of hydrogen-bond donors (Lipinski definition) is 3. The van der Waals surface area contributed by atoms with Crippen LogP contribution >= 0.6 is 0 Å². The molecule has 1 aromatic rings. The molecule has 2 aliphatic heterocycles. The van der Waals surface area contributed by atoms with Crippen molar-refractivity contribution in [3.63, 3.8) is 0 Å². The second kappa shape index (κ2) is 11.8. The summed E-state index contributed by atoms with van der Waals surface area (Å²) in [5.74, 6) is -1.80. The number of amides is 4. The predicted octanol–water partition coefficient (Wildman–Crippen LogP) is 0.729. The van der Waals surface area contributed by atoms with E-state index in [1.54, 1.807) is 38.1 Å². The Morgan fingerprint density at radius 2 is 1.83 bits per heavy atom. The third kappa shape index (κ3) is 6.08. The Balaban J connectivity index is 1.95. The van der Waals surface area contributed by atoms with Crippen LogP contribution in [0.15, 0.2) is 24.3 Å². The number of carbonyl (C=O) groups excluding carboxylic acids is 5. The highest BCUT2D eigenvalue weighted by Gasteiger charge is 2.43. The second-order valence-corrected chi connectivity index (χ2v) is 9.56. The maximum absolute atomic E-state index is 13.7. The van der Waals surface area contributed by atoms with Crippen LogP contribution in [0.2, 0.25) is 0 Å². The Labute approximate surface area is 210 Å². The number of fused-ring (bicyclic) bond motifs is 1. The molecule has 4 amide bonds. The Bertz CT molecular complexity index is 1050. The predicted molar refractivity (Wildman–Crippen MR) is 130 cm³/mol. The van der Waals surface area contributed by atoms with Crippen LogP contribution in [0.1, 0.15) is 63.5 Å². The molecule has 0 aromatic heterocycles. The number of aldehydes is 1. The average molecular weight is 496 g/mol. The van der Waals surface area contributed by atoms with Crippen molar-refractivity contribution >= 4 is 29.9 Å². The maximum atomic E-state index is 13.7. The van der Waals surface area contributed by atoms with Crippen LogP contribution in [0.3, 0.4) is 0 Å². The number of benzene rings is 1. The van der Waals surface area contributed by atoms with Gasteiger partial charge in [0.1, 0.15) is 30.0 Å². The topological polar surface area (TPSA) is 148 Å². The molecule has 4 atom stereocenters. The first kappa shape index (κ1) is 26.9. The first-order chi connectivity index (χ1) is 17.2. The lowest BCUT2D eigenvalue weighted by molar-refractivity contribution is -0.144. The number of nitrogens with one attached hydrogen (secondary N) is 3. The molecule has 3 rings (SSSR count). The lowest BCUT2D eigenvalue weighted by atomic mass is 9.94. The molecule has 192 valence electrons. The van der Waals surface area contributed by atoms with Gasteiger partial charge >= 0.3 is 0 Å². The van der Waals surface area contributed by atoms with Crippen molar-refractivity contribution < 1.29 is 24.0 Å². The van der Waals surface area contributed by atoms with E-state index in [0.717, 1.165) is 11.8 Å². The Hall–Kier alpha value is -3.74. The fourth-order valence-corrected chi connectivity index (χ4v) is 4.58. The normalized spacial score (nSPS) is 27.0. The van der Waals surface area contributed by atoms with Gasteiger partial charge in [-0.25, -0.2) is 0 Å². The summed E-state index contributed by atoms with van der Waals surface area (Å²) in [6.07, 6.45) is 3.13. The van der Waals surface area contributed by atoms with E-state index in [1.807, 2.05) is 0 Å². The van der Waals surface area contributed by atoms with Crippen molar-refractivity contribution in [2.24, 2.45) is 0 Å². The van der Waals surface area contributed by atoms with Crippen molar-refractivity contribution in [3.8, 4) is 6.07 Å². The van der Waals surface area contributed by atoms with Crippen molar-refractivity contribution in [3.05, 3.63) is 35.4 Å². The minimum absolute atomic E-state index is 0.170. The summed E-state index contributed by atoms with van der Waals surface area (Å²) in [6.45, 7) is 3.70. The number of nitriles is 1. The summed E-state index contributed by atoms with van der Waals surface area (Å²) in [4.78, 5) is 65.7. The number of rotatable bonds is 7. The minimum Gasteiger partial charge on any atom is -0.343 e. The van der Waals surface area contributed by atoms with Gasteiger partial charge in [0.2, 0.25) is 23.6 Å². The van der Waals surface area contributed by atoms with Gasteiger partial charge in [0.05, 0.1) is 11.6 Å². The molecule has 0 radical (unpaired) electrons. The molecule has 10 nitrogen and oxygen atoms in total. The van der Waals surface area contributed by atoms with Gasteiger partial charge in [0.15, 0.2) is 0 Å². The van der Waals surface area contributed by atoms with Crippen LogP contribution in [0, 0.1) is 11.3 Å². The molecule has 2 aliphatic rings. The summed E-state index contributed by atoms with van der Waals surface area (Å²) >= 11 is 0. The summed E-state index contributed by atoms with van der Waals surface area (Å²) in [7, 11) is 0. The van der Waals surface area contributed by atoms with Crippen molar-refractivity contribution in [2.75, 3.05) is 6.54 Å². The van der Waals surface area contributed by atoms with Gasteiger partial charge in [-0.1, -0.05) is 19.1 Å². The van der Waals surface area contributed by atoms with Crippen LogP contribution in [0.25, 0.3) is 0 Å². The zero-order valence-corrected chi connectivity index (χ0v) is 20.7.